The Morgan fingerprint density at radius 3 is 2.83 bits per heavy atom. The summed E-state index contributed by atoms with van der Waals surface area (Å²) in [5.74, 6) is 0.0985. The number of likely N-dealkylation sites (tertiary alicyclic amines) is 1. The fraction of sp³-hybridized carbons (Fsp3) is 0.471. The highest BCUT2D eigenvalue weighted by Crippen LogP contribution is 2.20. The molecule has 1 aromatic heterocycles. The van der Waals surface area contributed by atoms with Crippen LogP contribution in [-0.2, 0) is 6.54 Å². The van der Waals surface area contributed by atoms with E-state index >= 15 is 0 Å². The topological polar surface area (TPSA) is 78.4 Å². The molecule has 1 fully saturated rings. The minimum atomic E-state index is -0.295. The predicted molar refractivity (Wildman–Crippen MR) is 94.1 cm³/mol. The summed E-state index contributed by atoms with van der Waals surface area (Å²) < 4.78 is 0. The number of benzene rings is 1. The molecule has 0 aliphatic carbocycles. The van der Waals surface area contributed by atoms with Crippen molar-refractivity contribution in [2.75, 3.05) is 18.4 Å². The maximum atomic E-state index is 12.2. The van der Waals surface area contributed by atoms with Gasteiger partial charge in [-0.15, -0.1) is 10.2 Å². The average molecular weight is 346 g/mol. The average Bonchev–Trinajstić information content (AvgIpc) is 3.02. The van der Waals surface area contributed by atoms with Crippen LogP contribution in [0.25, 0.3) is 0 Å². The van der Waals surface area contributed by atoms with E-state index in [0.717, 1.165) is 29.2 Å². The lowest BCUT2D eigenvalue weighted by Crippen LogP contribution is -2.42. The zero-order valence-corrected chi connectivity index (χ0v) is 14.7. The van der Waals surface area contributed by atoms with Crippen LogP contribution >= 0.6 is 11.3 Å². The molecule has 2 heterocycles. The van der Waals surface area contributed by atoms with Gasteiger partial charge in [-0.05, 0) is 37.9 Å². The number of aryl methyl sites for hydroxylation is 1. The molecule has 0 bridgehead atoms. The maximum Gasteiger partial charge on any atom is 0.286 e. The van der Waals surface area contributed by atoms with Gasteiger partial charge in [0, 0.05) is 12.2 Å². The fourth-order valence-corrected chi connectivity index (χ4v) is 3.46. The third-order valence-corrected chi connectivity index (χ3v) is 5.24. The number of nitrogens with zero attached hydrogens (tertiary/aromatic N) is 3. The van der Waals surface area contributed by atoms with E-state index in [1.165, 1.54) is 11.3 Å². The molecule has 1 aliphatic rings. The Morgan fingerprint density at radius 2 is 2.12 bits per heavy atom. The summed E-state index contributed by atoms with van der Waals surface area (Å²) in [5, 5.41) is 22.1. The summed E-state index contributed by atoms with van der Waals surface area (Å²) >= 11 is 1.30. The molecule has 7 heteroatoms. The van der Waals surface area contributed by atoms with Crippen LogP contribution in [0, 0.1) is 12.8 Å². The number of amides is 1. The Morgan fingerprint density at radius 1 is 1.38 bits per heavy atom. The number of β-amino-alcohol motifs (C(OH)–C–C–N with tert-alkyl or cyclic N) is 1. The number of aliphatic hydroxyl groups excluding tert-OH is 1. The van der Waals surface area contributed by atoms with Gasteiger partial charge in [-0.2, -0.15) is 0 Å². The molecule has 6 nitrogen and oxygen atoms in total. The van der Waals surface area contributed by atoms with Gasteiger partial charge in [0.1, 0.15) is 5.01 Å². The molecule has 2 atom stereocenters. The van der Waals surface area contributed by atoms with E-state index in [1.807, 2.05) is 31.2 Å². The Hall–Kier alpha value is -1.83. The first-order valence-corrected chi connectivity index (χ1v) is 8.94. The first-order chi connectivity index (χ1) is 11.5. The molecule has 24 heavy (non-hydrogen) atoms. The van der Waals surface area contributed by atoms with Crippen LogP contribution in [-0.4, -0.2) is 45.3 Å². The smallest absolute Gasteiger partial charge is 0.286 e. The summed E-state index contributed by atoms with van der Waals surface area (Å²) in [6.07, 6.45) is 0.678. The van der Waals surface area contributed by atoms with Gasteiger partial charge in [-0.3, -0.25) is 9.69 Å². The second-order valence-electron chi connectivity index (χ2n) is 6.39. The summed E-state index contributed by atoms with van der Waals surface area (Å²) in [6.45, 7) is 6.27. The predicted octanol–water partition coefficient (Wildman–Crippen LogP) is 2.30. The van der Waals surface area contributed by atoms with E-state index in [4.69, 9.17) is 0 Å². The maximum absolute atomic E-state index is 12.2. The first kappa shape index (κ1) is 17.0. The standard InChI is InChI=1S/C17H22N4O2S/c1-11-3-5-13(6-4-11)18-16(23)17-20-19-15(24-17)10-21-8-7-12(2)14(22)9-21/h3-6,12,14,22H,7-10H2,1-2H3,(H,18,23)/t12-,14-/m0/s1. The molecule has 2 aromatic rings. The van der Waals surface area contributed by atoms with Gasteiger partial charge in [0.2, 0.25) is 5.01 Å². The van der Waals surface area contributed by atoms with Gasteiger partial charge in [0.05, 0.1) is 12.6 Å². The van der Waals surface area contributed by atoms with Crippen molar-refractivity contribution in [1.82, 2.24) is 15.1 Å². The van der Waals surface area contributed by atoms with Crippen LogP contribution in [0.5, 0.6) is 0 Å². The highest BCUT2D eigenvalue weighted by molar-refractivity contribution is 7.13. The molecule has 0 saturated carbocycles. The van der Waals surface area contributed by atoms with Crippen LogP contribution in [0.15, 0.2) is 24.3 Å². The van der Waals surface area contributed by atoms with E-state index in [2.05, 4.69) is 27.3 Å². The van der Waals surface area contributed by atoms with Gasteiger partial charge in [0.25, 0.3) is 5.91 Å². The molecule has 128 valence electrons. The molecular weight excluding hydrogens is 324 g/mol. The Bertz CT molecular complexity index is 701. The van der Waals surface area contributed by atoms with Gasteiger partial charge < -0.3 is 10.4 Å². The second kappa shape index (κ2) is 7.38. The molecule has 1 aliphatic heterocycles. The number of hydrogen-bond donors (Lipinski definition) is 2. The first-order valence-electron chi connectivity index (χ1n) is 8.12. The molecule has 0 radical (unpaired) electrons. The molecule has 1 amide bonds. The summed E-state index contributed by atoms with van der Waals surface area (Å²) in [4.78, 5) is 14.4. The molecule has 2 N–H and O–H groups in total. The van der Waals surface area contributed by atoms with Gasteiger partial charge in [0.15, 0.2) is 0 Å². The SMILES string of the molecule is Cc1ccc(NC(=O)c2nnc(CN3CC[C@H](C)[C@@H](O)C3)s2)cc1. The minimum absolute atomic E-state index is 0.241. The van der Waals surface area contributed by atoms with Crippen molar-refractivity contribution in [3.05, 3.63) is 39.8 Å². The van der Waals surface area contributed by atoms with Gasteiger partial charge >= 0.3 is 0 Å². The Kier molecular flexibility index (Phi) is 5.23. The Balaban J connectivity index is 1.58. The van der Waals surface area contributed by atoms with Crippen molar-refractivity contribution in [3.63, 3.8) is 0 Å². The molecule has 0 spiro atoms. The molecular formula is C17H22N4O2S. The second-order valence-corrected chi connectivity index (χ2v) is 7.45. The van der Waals surface area contributed by atoms with Crippen LogP contribution in [0.2, 0.25) is 0 Å². The van der Waals surface area contributed by atoms with E-state index in [9.17, 15) is 9.90 Å². The number of anilines is 1. The van der Waals surface area contributed by atoms with Crippen molar-refractivity contribution in [2.45, 2.75) is 32.9 Å². The highest BCUT2D eigenvalue weighted by Gasteiger charge is 2.25. The zero-order valence-electron chi connectivity index (χ0n) is 13.9. The number of carbonyl (C=O) groups excluding carboxylic acids is 1. The van der Waals surface area contributed by atoms with Crippen LogP contribution < -0.4 is 5.32 Å². The monoisotopic (exact) mass is 346 g/mol. The molecule has 1 saturated heterocycles. The van der Waals surface area contributed by atoms with E-state index in [-0.39, 0.29) is 12.0 Å². The van der Waals surface area contributed by atoms with Crippen molar-refractivity contribution in [1.29, 1.82) is 0 Å². The van der Waals surface area contributed by atoms with Crippen LogP contribution in [0.4, 0.5) is 5.69 Å². The normalized spacial score (nSPS) is 21.6. The summed E-state index contributed by atoms with van der Waals surface area (Å²) in [5.41, 5.74) is 1.89. The van der Waals surface area contributed by atoms with Gasteiger partial charge in [-0.1, -0.05) is 36.0 Å². The number of rotatable bonds is 4. The third kappa shape index (κ3) is 4.17. The zero-order chi connectivity index (χ0) is 17.1. The Labute approximate surface area is 145 Å². The number of piperidine rings is 1. The lowest BCUT2D eigenvalue weighted by atomic mass is 9.96. The van der Waals surface area contributed by atoms with E-state index in [0.29, 0.717) is 24.0 Å². The van der Waals surface area contributed by atoms with Crippen molar-refractivity contribution in [2.24, 2.45) is 5.92 Å². The summed E-state index contributed by atoms with van der Waals surface area (Å²) in [7, 11) is 0. The van der Waals surface area contributed by atoms with E-state index in [1.54, 1.807) is 0 Å². The highest BCUT2D eigenvalue weighted by atomic mass is 32.1. The fourth-order valence-electron chi connectivity index (χ4n) is 2.68. The molecule has 1 aromatic carbocycles. The van der Waals surface area contributed by atoms with Crippen molar-refractivity contribution >= 4 is 22.9 Å². The van der Waals surface area contributed by atoms with Crippen molar-refractivity contribution < 1.29 is 9.90 Å². The number of carbonyl (C=O) groups is 1. The lowest BCUT2D eigenvalue weighted by Gasteiger charge is -2.33. The number of aliphatic hydroxyl groups is 1. The lowest BCUT2D eigenvalue weighted by molar-refractivity contribution is 0.0258. The van der Waals surface area contributed by atoms with Crippen molar-refractivity contribution in [3.8, 4) is 0 Å². The van der Waals surface area contributed by atoms with E-state index < -0.39 is 0 Å². The molecule has 0 unspecified atom stereocenters. The molecule has 3 rings (SSSR count). The summed E-state index contributed by atoms with van der Waals surface area (Å²) in [6, 6.07) is 7.63. The quantitative estimate of drug-likeness (QED) is 0.888. The van der Waals surface area contributed by atoms with Crippen LogP contribution in [0.3, 0.4) is 0 Å². The number of hydrogen-bond acceptors (Lipinski definition) is 6. The minimum Gasteiger partial charge on any atom is -0.392 e. The number of aromatic nitrogens is 2. The third-order valence-electron chi connectivity index (χ3n) is 4.33. The number of nitrogens with one attached hydrogen (secondary N) is 1. The largest absolute Gasteiger partial charge is 0.392 e. The van der Waals surface area contributed by atoms with Gasteiger partial charge in [-0.25, -0.2) is 0 Å². The van der Waals surface area contributed by atoms with Crippen LogP contribution in [0.1, 0.15) is 33.7 Å².